The Morgan fingerprint density at radius 3 is 2.47 bits per heavy atom. The van der Waals surface area contributed by atoms with Crippen LogP contribution in [0.25, 0.3) is 0 Å². The topological polar surface area (TPSA) is 42.0 Å². The van der Waals surface area contributed by atoms with Gasteiger partial charge in [0.05, 0.1) is 6.54 Å². The van der Waals surface area contributed by atoms with Crippen molar-refractivity contribution >= 4 is 5.91 Å². The quantitative estimate of drug-likeness (QED) is 0.173. The number of fused-ring (bicyclic) bond motifs is 1. The van der Waals surface area contributed by atoms with Crippen molar-refractivity contribution in [2.75, 3.05) is 33.0 Å². The average Bonchev–Trinajstić information content (AvgIpc) is 3.47. The van der Waals surface area contributed by atoms with Crippen LogP contribution in [-0.4, -0.2) is 54.7 Å². The summed E-state index contributed by atoms with van der Waals surface area (Å²) < 4.78 is 11.6. The van der Waals surface area contributed by atoms with Crippen molar-refractivity contribution < 1.29 is 14.3 Å². The molecule has 5 heteroatoms. The lowest BCUT2D eigenvalue weighted by Gasteiger charge is -2.32. The van der Waals surface area contributed by atoms with Gasteiger partial charge in [0, 0.05) is 25.7 Å². The molecule has 1 aromatic carbocycles. The van der Waals surface area contributed by atoms with Crippen LogP contribution in [0.3, 0.4) is 0 Å². The highest BCUT2D eigenvalue weighted by atomic mass is 16.7. The number of carbonyl (C=O) groups excluding carboxylic acids is 1. The minimum atomic E-state index is 0.0883. The van der Waals surface area contributed by atoms with Crippen molar-refractivity contribution in [1.82, 2.24) is 9.80 Å². The summed E-state index contributed by atoms with van der Waals surface area (Å²) in [7, 11) is 0. The van der Waals surface area contributed by atoms with Crippen molar-refractivity contribution in [3.05, 3.63) is 34.9 Å². The van der Waals surface area contributed by atoms with Gasteiger partial charge < -0.3 is 14.4 Å². The molecule has 1 fully saturated rings. The fourth-order valence-electron chi connectivity index (χ4n) is 6.41. The van der Waals surface area contributed by atoms with Crippen LogP contribution in [0.15, 0.2) is 23.8 Å². The van der Waals surface area contributed by atoms with E-state index in [4.69, 9.17) is 9.47 Å². The minimum Gasteiger partial charge on any atom is -0.454 e. The maximum atomic E-state index is 13.7. The Morgan fingerprint density at radius 2 is 1.79 bits per heavy atom. The standard InChI is InChI=1S/C33H54N2O3/c1-8-11-13-16-34(15-12-9-2)31(36)23-35-22-28(18-29(35)21-33(6,7)20-25(4)5)27-17-26(14-10-3)32-30(19-27)37-24-38-32/h17,19-20,28-29H,8-16,18,21-24H2,1-7H3. The molecule has 3 rings (SSSR count). The van der Waals surface area contributed by atoms with E-state index in [2.05, 4.69) is 76.5 Å². The zero-order chi connectivity index (χ0) is 27.7. The lowest BCUT2D eigenvalue weighted by Crippen LogP contribution is -2.44. The van der Waals surface area contributed by atoms with E-state index in [-0.39, 0.29) is 5.41 Å². The number of aryl methyl sites for hydroxylation is 1. The number of unbranched alkanes of at least 4 members (excludes halogenated alkanes) is 3. The van der Waals surface area contributed by atoms with E-state index in [1.807, 2.05) is 0 Å². The van der Waals surface area contributed by atoms with Gasteiger partial charge in [0.2, 0.25) is 12.7 Å². The molecule has 0 aliphatic carbocycles. The molecule has 0 N–H and O–H groups in total. The number of hydrogen-bond donors (Lipinski definition) is 0. The molecule has 2 aliphatic heterocycles. The maximum Gasteiger partial charge on any atom is 0.236 e. The molecular formula is C33H54N2O3. The van der Waals surface area contributed by atoms with Gasteiger partial charge in [0.1, 0.15) is 0 Å². The van der Waals surface area contributed by atoms with E-state index in [1.165, 1.54) is 29.5 Å². The third-order valence-electron chi connectivity index (χ3n) is 8.04. The number of allylic oxidation sites excluding steroid dienone is 2. The van der Waals surface area contributed by atoms with Crippen LogP contribution in [-0.2, 0) is 11.2 Å². The minimum absolute atomic E-state index is 0.0883. The summed E-state index contributed by atoms with van der Waals surface area (Å²) in [4.78, 5) is 18.3. The van der Waals surface area contributed by atoms with Gasteiger partial charge in [-0.1, -0.05) is 78.0 Å². The number of carbonyl (C=O) groups is 1. The van der Waals surface area contributed by atoms with Gasteiger partial charge in [-0.2, -0.15) is 0 Å². The lowest BCUT2D eigenvalue weighted by atomic mass is 9.82. The summed E-state index contributed by atoms with van der Waals surface area (Å²) >= 11 is 0. The van der Waals surface area contributed by atoms with Gasteiger partial charge in [-0.3, -0.25) is 9.69 Å². The van der Waals surface area contributed by atoms with Gasteiger partial charge in [0.15, 0.2) is 11.5 Å². The summed E-state index contributed by atoms with van der Waals surface area (Å²) in [6, 6.07) is 4.93. The number of hydrogen-bond acceptors (Lipinski definition) is 4. The van der Waals surface area contributed by atoms with Crippen LogP contribution in [0.5, 0.6) is 11.5 Å². The zero-order valence-electron chi connectivity index (χ0n) is 25.4. The Kier molecular flexibility index (Phi) is 11.6. The zero-order valence-corrected chi connectivity index (χ0v) is 25.4. The van der Waals surface area contributed by atoms with Gasteiger partial charge in [-0.05, 0) is 74.5 Å². The average molecular weight is 527 g/mol. The second kappa shape index (κ2) is 14.4. The second-order valence-corrected chi connectivity index (χ2v) is 12.5. The first kappa shape index (κ1) is 30.5. The van der Waals surface area contributed by atoms with Crippen LogP contribution in [0.2, 0.25) is 0 Å². The van der Waals surface area contributed by atoms with Crippen molar-refractivity contribution in [3.63, 3.8) is 0 Å². The molecule has 0 spiro atoms. The molecule has 2 unspecified atom stereocenters. The number of benzene rings is 1. The van der Waals surface area contributed by atoms with E-state index in [0.717, 1.165) is 76.1 Å². The van der Waals surface area contributed by atoms with Gasteiger partial charge in [-0.25, -0.2) is 0 Å². The Morgan fingerprint density at radius 1 is 1.05 bits per heavy atom. The highest BCUT2D eigenvalue weighted by Gasteiger charge is 2.38. The molecule has 0 aromatic heterocycles. The van der Waals surface area contributed by atoms with E-state index < -0.39 is 0 Å². The predicted molar refractivity (Wildman–Crippen MR) is 158 cm³/mol. The smallest absolute Gasteiger partial charge is 0.236 e. The third-order valence-corrected chi connectivity index (χ3v) is 8.04. The monoisotopic (exact) mass is 526 g/mol. The van der Waals surface area contributed by atoms with E-state index >= 15 is 0 Å². The summed E-state index contributed by atoms with van der Waals surface area (Å²) in [6.07, 6.45) is 12.3. The highest BCUT2D eigenvalue weighted by Crippen LogP contribution is 2.43. The Bertz CT molecular complexity index is 934. The fraction of sp³-hybridized carbons (Fsp3) is 0.727. The second-order valence-electron chi connectivity index (χ2n) is 12.5. The number of likely N-dealkylation sites (tertiary alicyclic amines) is 1. The third kappa shape index (κ3) is 8.49. The van der Waals surface area contributed by atoms with Gasteiger partial charge >= 0.3 is 0 Å². The lowest BCUT2D eigenvalue weighted by molar-refractivity contribution is -0.133. The van der Waals surface area contributed by atoms with E-state index in [0.29, 0.717) is 31.2 Å². The van der Waals surface area contributed by atoms with Crippen molar-refractivity contribution in [2.24, 2.45) is 5.41 Å². The highest BCUT2D eigenvalue weighted by molar-refractivity contribution is 5.78. The largest absolute Gasteiger partial charge is 0.454 e. The maximum absolute atomic E-state index is 13.7. The fourth-order valence-corrected chi connectivity index (χ4v) is 6.41. The van der Waals surface area contributed by atoms with E-state index in [9.17, 15) is 4.79 Å². The van der Waals surface area contributed by atoms with Crippen LogP contribution in [0.4, 0.5) is 0 Å². The van der Waals surface area contributed by atoms with Crippen molar-refractivity contribution in [1.29, 1.82) is 0 Å². The Balaban J connectivity index is 1.83. The molecule has 0 radical (unpaired) electrons. The molecule has 1 amide bonds. The summed E-state index contributed by atoms with van der Waals surface area (Å²) in [5.41, 5.74) is 4.04. The molecule has 214 valence electrons. The summed E-state index contributed by atoms with van der Waals surface area (Å²) in [5.74, 6) is 2.52. The summed E-state index contributed by atoms with van der Waals surface area (Å²) in [5, 5.41) is 0. The molecular weight excluding hydrogens is 472 g/mol. The first-order valence-electron chi connectivity index (χ1n) is 15.3. The van der Waals surface area contributed by atoms with Crippen molar-refractivity contribution in [2.45, 2.75) is 118 Å². The molecule has 0 saturated carbocycles. The first-order valence-corrected chi connectivity index (χ1v) is 15.3. The Hall–Kier alpha value is -2.01. The van der Waals surface area contributed by atoms with Crippen LogP contribution < -0.4 is 9.47 Å². The van der Waals surface area contributed by atoms with Crippen LogP contribution >= 0.6 is 0 Å². The number of ether oxygens (including phenoxy) is 2. The molecule has 2 heterocycles. The van der Waals surface area contributed by atoms with Crippen LogP contribution in [0, 0.1) is 5.41 Å². The van der Waals surface area contributed by atoms with Gasteiger partial charge in [-0.15, -0.1) is 0 Å². The molecule has 1 aromatic rings. The summed E-state index contributed by atoms with van der Waals surface area (Å²) in [6.45, 7) is 19.2. The number of nitrogens with zero attached hydrogens (tertiary/aromatic N) is 2. The SMILES string of the molecule is CCCCCN(CCCC)C(=O)CN1CC(c2cc(CCC)c3c(c2)OCO3)CC1CC(C)(C)C=C(C)C. The molecule has 5 nitrogen and oxygen atoms in total. The molecule has 0 bridgehead atoms. The molecule has 1 saturated heterocycles. The Labute approximate surface area is 232 Å². The molecule has 2 atom stereocenters. The van der Waals surface area contributed by atoms with Crippen LogP contribution in [0.1, 0.15) is 117 Å². The molecule has 38 heavy (non-hydrogen) atoms. The number of amides is 1. The number of rotatable bonds is 15. The van der Waals surface area contributed by atoms with Crippen molar-refractivity contribution in [3.8, 4) is 11.5 Å². The predicted octanol–water partition coefficient (Wildman–Crippen LogP) is 7.73. The first-order chi connectivity index (χ1) is 18.2. The van der Waals surface area contributed by atoms with E-state index in [1.54, 1.807) is 0 Å². The van der Waals surface area contributed by atoms with Gasteiger partial charge in [0.25, 0.3) is 0 Å². The molecule has 2 aliphatic rings. The normalized spacial score (nSPS) is 19.1.